The van der Waals surface area contributed by atoms with Gasteiger partial charge in [-0.1, -0.05) is 13.8 Å². The van der Waals surface area contributed by atoms with Crippen LogP contribution in [0.4, 0.5) is 0 Å². The molecule has 0 bridgehead atoms. The van der Waals surface area contributed by atoms with Gasteiger partial charge < -0.3 is 11.1 Å². The summed E-state index contributed by atoms with van der Waals surface area (Å²) in [5.74, 6) is 0.556. The summed E-state index contributed by atoms with van der Waals surface area (Å²) in [4.78, 5) is 14.1. The normalized spacial score (nSPS) is 15.9. The van der Waals surface area contributed by atoms with E-state index < -0.39 is 0 Å². The number of nitrogens with zero attached hydrogens (tertiary/aromatic N) is 1. The summed E-state index contributed by atoms with van der Waals surface area (Å²) in [6.07, 6.45) is 0.918. The van der Waals surface area contributed by atoms with Crippen molar-refractivity contribution in [1.82, 2.24) is 10.2 Å². The van der Waals surface area contributed by atoms with Crippen LogP contribution in [0.3, 0.4) is 0 Å². The summed E-state index contributed by atoms with van der Waals surface area (Å²) in [6.45, 7) is 13.0. The number of nitrogens with two attached hydrogens (primary N) is 1. The van der Waals surface area contributed by atoms with Crippen molar-refractivity contribution in [1.29, 1.82) is 0 Å². The van der Waals surface area contributed by atoms with Crippen LogP contribution in [-0.2, 0) is 4.79 Å². The lowest BCUT2D eigenvalue weighted by Gasteiger charge is -2.29. The van der Waals surface area contributed by atoms with Gasteiger partial charge in [-0.3, -0.25) is 9.69 Å². The summed E-state index contributed by atoms with van der Waals surface area (Å²) < 4.78 is 0. The van der Waals surface area contributed by atoms with E-state index in [0.717, 1.165) is 13.0 Å². The van der Waals surface area contributed by atoms with Crippen LogP contribution < -0.4 is 11.1 Å². The summed E-state index contributed by atoms with van der Waals surface area (Å²) >= 11 is 0. The van der Waals surface area contributed by atoms with Crippen LogP contribution in [0.2, 0.25) is 0 Å². The summed E-state index contributed by atoms with van der Waals surface area (Å²) in [5, 5.41) is 3.00. The van der Waals surface area contributed by atoms with Gasteiger partial charge in [-0.05, 0) is 47.1 Å². The first kappa shape index (κ1) is 17.4. The molecule has 0 heterocycles. The van der Waals surface area contributed by atoms with Gasteiger partial charge in [0.15, 0.2) is 0 Å². The Hall–Kier alpha value is -0.610. The van der Waals surface area contributed by atoms with Crippen molar-refractivity contribution in [2.75, 3.05) is 13.6 Å². The molecule has 0 aliphatic carbocycles. The molecule has 0 aliphatic heterocycles. The highest BCUT2D eigenvalue weighted by molar-refractivity contribution is 5.81. The molecule has 2 unspecified atom stereocenters. The quantitative estimate of drug-likeness (QED) is 0.760. The van der Waals surface area contributed by atoms with E-state index in [1.807, 2.05) is 34.7 Å². The van der Waals surface area contributed by atoms with E-state index in [2.05, 4.69) is 24.1 Å². The maximum atomic E-state index is 12.0. The largest absolute Gasteiger partial charge is 0.350 e. The lowest BCUT2D eigenvalue weighted by atomic mass is 10.0. The van der Waals surface area contributed by atoms with Gasteiger partial charge in [-0.2, -0.15) is 0 Å². The van der Waals surface area contributed by atoms with Gasteiger partial charge in [0.05, 0.1) is 6.04 Å². The Morgan fingerprint density at radius 3 is 2.17 bits per heavy atom. The molecule has 0 spiro atoms. The minimum absolute atomic E-state index is 0.0723. The van der Waals surface area contributed by atoms with E-state index in [0.29, 0.717) is 5.92 Å². The average Bonchev–Trinajstić information content (AvgIpc) is 2.21. The number of carbonyl (C=O) groups excluding carboxylic acids is 1. The van der Waals surface area contributed by atoms with E-state index in [4.69, 9.17) is 5.73 Å². The summed E-state index contributed by atoms with van der Waals surface area (Å²) in [7, 11) is 1.97. The first-order valence-electron chi connectivity index (χ1n) is 6.82. The maximum absolute atomic E-state index is 12.0. The number of likely N-dealkylation sites (N-methyl/N-ethyl adjacent to an activating group) is 1. The molecule has 0 aliphatic rings. The first-order chi connectivity index (χ1) is 8.04. The molecule has 1 amide bonds. The zero-order valence-electron chi connectivity index (χ0n) is 13.1. The van der Waals surface area contributed by atoms with Crippen molar-refractivity contribution in [3.05, 3.63) is 0 Å². The van der Waals surface area contributed by atoms with Crippen LogP contribution in [-0.4, -0.2) is 42.0 Å². The third kappa shape index (κ3) is 6.97. The molecular formula is C14H31N3O. The zero-order chi connectivity index (χ0) is 14.5. The van der Waals surface area contributed by atoms with Crippen molar-refractivity contribution in [3.8, 4) is 0 Å². The molecule has 0 aromatic heterocycles. The fourth-order valence-corrected chi connectivity index (χ4v) is 1.55. The van der Waals surface area contributed by atoms with Crippen molar-refractivity contribution in [2.45, 2.75) is 65.6 Å². The van der Waals surface area contributed by atoms with Gasteiger partial charge in [-0.15, -0.1) is 0 Å². The highest BCUT2D eigenvalue weighted by Gasteiger charge is 2.22. The Kier molecular flexibility index (Phi) is 6.86. The Bertz CT molecular complexity index is 258. The van der Waals surface area contributed by atoms with Crippen LogP contribution in [0.1, 0.15) is 48.0 Å². The summed E-state index contributed by atoms with van der Waals surface area (Å²) in [5.41, 5.74) is 5.84. The molecule has 0 aromatic rings. The van der Waals surface area contributed by atoms with E-state index >= 15 is 0 Å². The Morgan fingerprint density at radius 2 is 1.78 bits per heavy atom. The number of carbonyl (C=O) groups is 1. The van der Waals surface area contributed by atoms with Crippen LogP contribution in [0, 0.1) is 5.92 Å². The molecule has 4 nitrogen and oxygen atoms in total. The number of amides is 1. The molecule has 18 heavy (non-hydrogen) atoms. The Balaban J connectivity index is 4.18. The SMILES string of the molecule is CC(C)C(N)CCN(C)C(C)C(=O)NC(C)(C)C. The number of hydrogen-bond donors (Lipinski definition) is 2. The van der Waals surface area contributed by atoms with Gasteiger partial charge in [-0.25, -0.2) is 0 Å². The molecular weight excluding hydrogens is 226 g/mol. The molecule has 0 aromatic carbocycles. The smallest absolute Gasteiger partial charge is 0.237 e. The van der Waals surface area contributed by atoms with Gasteiger partial charge in [0.1, 0.15) is 0 Å². The van der Waals surface area contributed by atoms with Crippen molar-refractivity contribution in [3.63, 3.8) is 0 Å². The molecule has 0 saturated heterocycles. The lowest BCUT2D eigenvalue weighted by molar-refractivity contribution is -0.126. The van der Waals surface area contributed by atoms with Gasteiger partial charge in [0.25, 0.3) is 0 Å². The Labute approximate surface area is 112 Å². The van der Waals surface area contributed by atoms with Crippen LogP contribution in [0.25, 0.3) is 0 Å². The molecule has 0 rings (SSSR count). The van der Waals surface area contributed by atoms with Crippen molar-refractivity contribution >= 4 is 5.91 Å². The van der Waals surface area contributed by atoms with Crippen LogP contribution in [0.15, 0.2) is 0 Å². The molecule has 0 radical (unpaired) electrons. The molecule has 0 fully saturated rings. The number of hydrogen-bond acceptors (Lipinski definition) is 3. The highest BCUT2D eigenvalue weighted by atomic mass is 16.2. The van der Waals surface area contributed by atoms with Crippen molar-refractivity contribution in [2.24, 2.45) is 11.7 Å². The molecule has 3 N–H and O–H groups in total. The minimum atomic E-state index is -0.180. The topological polar surface area (TPSA) is 58.4 Å². The Morgan fingerprint density at radius 1 is 1.28 bits per heavy atom. The predicted octanol–water partition coefficient (Wildman–Crippen LogP) is 1.59. The number of nitrogens with one attached hydrogen (secondary N) is 1. The van der Waals surface area contributed by atoms with E-state index in [1.54, 1.807) is 0 Å². The zero-order valence-corrected chi connectivity index (χ0v) is 13.1. The first-order valence-corrected chi connectivity index (χ1v) is 6.82. The monoisotopic (exact) mass is 257 g/mol. The lowest BCUT2D eigenvalue weighted by Crippen LogP contribution is -2.50. The molecule has 4 heteroatoms. The van der Waals surface area contributed by atoms with Gasteiger partial charge in [0.2, 0.25) is 5.91 Å². The predicted molar refractivity (Wildman–Crippen MR) is 77.4 cm³/mol. The van der Waals surface area contributed by atoms with E-state index in [1.165, 1.54) is 0 Å². The summed E-state index contributed by atoms with van der Waals surface area (Å²) in [6, 6.07) is 0.0777. The van der Waals surface area contributed by atoms with Crippen LogP contribution in [0.5, 0.6) is 0 Å². The molecule has 2 atom stereocenters. The second-order valence-electron chi connectivity index (χ2n) is 6.59. The second-order valence-corrected chi connectivity index (χ2v) is 6.59. The minimum Gasteiger partial charge on any atom is -0.350 e. The third-order valence-electron chi connectivity index (χ3n) is 3.21. The van der Waals surface area contributed by atoms with Crippen LogP contribution >= 0.6 is 0 Å². The fraction of sp³-hybridized carbons (Fsp3) is 0.929. The van der Waals surface area contributed by atoms with E-state index in [9.17, 15) is 4.79 Å². The average molecular weight is 257 g/mol. The molecule has 0 saturated carbocycles. The van der Waals surface area contributed by atoms with E-state index in [-0.39, 0.29) is 23.5 Å². The maximum Gasteiger partial charge on any atom is 0.237 e. The van der Waals surface area contributed by atoms with Gasteiger partial charge >= 0.3 is 0 Å². The van der Waals surface area contributed by atoms with Crippen molar-refractivity contribution < 1.29 is 4.79 Å². The molecule has 108 valence electrons. The third-order valence-corrected chi connectivity index (χ3v) is 3.21. The number of rotatable bonds is 6. The van der Waals surface area contributed by atoms with Gasteiger partial charge in [0, 0.05) is 18.1 Å². The fourth-order valence-electron chi connectivity index (χ4n) is 1.55. The standard InChI is InChI=1S/C14H31N3O/c1-10(2)12(15)8-9-17(7)11(3)13(18)16-14(4,5)6/h10-12H,8-9,15H2,1-7H3,(H,16,18). The highest BCUT2D eigenvalue weighted by Crippen LogP contribution is 2.07. The second kappa shape index (κ2) is 7.10.